The third kappa shape index (κ3) is 4.02. The molecule has 4 aromatic rings. The molecule has 9 nitrogen and oxygen atoms in total. The number of nitrogens with zero attached hydrogens (tertiary/aromatic N) is 6. The van der Waals surface area contributed by atoms with E-state index in [0.29, 0.717) is 10.9 Å². The van der Waals surface area contributed by atoms with Gasteiger partial charge in [-0.1, -0.05) is 0 Å². The van der Waals surface area contributed by atoms with Crippen molar-refractivity contribution >= 4 is 22.9 Å². The van der Waals surface area contributed by atoms with Crippen LogP contribution in [0.2, 0.25) is 0 Å². The number of nitrogens with one attached hydrogen (secondary N) is 1. The molecule has 2 unspecified atom stereocenters. The summed E-state index contributed by atoms with van der Waals surface area (Å²) < 4.78 is 9.04. The lowest BCUT2D eigenvalue weighted by Gasteiger charge is -2.35. The number of hydrogen-bond donors (Lipinski definition) is 1. The van der Waals surface area contributed by atoms with Crippen LogP contribution < -0.4 is 5.32 Å². The second kappa shape index (κ2) is 8.94. The smallest absolute Gasteiger partial charge is 0.261 e. The summed E-state index contributed by atoms with van der Waals surface area (Å²) in [5.74, 6) is 0.00436. The second-order valence-corrected chi connectivity index (χ2v) is 9.91. The van der Waals surface area contributed by atoms with Crippen molar-refractivity contribution in [3.63, 3.8) is 0 Å². The first-order chi connectivity index (χ1) is 16.7. The SMILES string of the molecule is Cn1cc(-c2cnc3c(-c4csc(C(=O)NC5CCCC5N5CCOCC5)c4)cnn3c2)cn1. The third-order valence-electron chi connectivity index (χ3n) is 6.84. The Balaban J connectivity index is 1.19. The molecule has 34 heavy (non-hydrogen) atoms. The van der Waals surface area contributed by atoms with Crippen LogP contribution in [0.15, 0.2) is 42.4 Å². The van der Waals surface area contributed by atoms with Crippen LogP contribution in [-0.4, -0.2) is 73.6 Å². The number of carbonyl (C=O) groups is 1. The monoisotopic (exact) mass is 477 g/mol. The number of hydrogen-bond acceptors (Lipinski definition) is 7. The molecule has 1 aliphatic carbocycles. The molecule has 1 N–H and O–H groups in total. The molecular weight excluding hydrogens is 450 g/mol. The number of morpholine rings is 1. The van der Waals surface area contributed by atoms with Crippen LogP contribution in [0.1, 0.15) is 28.9 Å². The molecule has 0 radical (unpaired) electrons. The maximum Gasteiger partial charge on any atom is 0.261 e. The van der Waals surface area contributed by atoms with Gasteiger partial charge in [-0.2, -0.15) is 10.2 Å². The van der Waals surface area contributed by atoms with Crippen LogP contribution in [-0.2, 0) is 11.8 Å². The van der Waals surface area contributed by atoms with E-state index in [-0.39, 0.29) is 11.9 Å². The topological polar surface area (TPSA) is 89.6 Å². The average Bonchev–Trinajstić information content (AvgIpc) is 3.65. The van der Waals surface area contributed by atoms with E-state index in [4.69, 9.17) is 4.74 Å². The van der Waals surface area contributed by atoms with E-state index in [0.717, 1.165) is 73.5 Å². The molecular formula is C24H27N7O2S. The van der Waals surface area contributed by atoms with Crippen molar-refractivity contribution in [1.29, 1.82) is 0 Å². The first-order valence-corrected chi connectivity index (χ1v) is 12.6. The number of ether oxygens (including phenoxy) is 1. The van der Waals surface area contributed by atoms with Crippen LogP contribution in [0.4, 0.5) is 0 Å². The zero-order chi connectivity index (χ0) is 23.1. The molecule has 10 heteroatoms. The van der Waals surface area contributed by atoms with Crippen LogP contribution >= 0.6 is 11.3 Å². The normalized spacial score (nSPS) is 21.3. The number of carbonyl (C=O) groups excluding carboxylic acids is 1. The molecule has 6 rings (SSSR count). The molecule has 1 amide bonds. The third-order valence-corrected chi connectivity index (χ3v) is 7.77. The zero-order valence-corrected chi connectivity index (χ0v) is 19.9. The lowest BCUT2D eigenvalue weighted by molar-refractivity contribution is 0.0126. The number of amides is 1. The number of fused-ring (bicyclic) bond motifs is 1. The summed E-state index contributed by atoms with van der Waals surface area (Å²) in [5, 5.41) is 14.1. The van der Waals surface area contributed by atoms with Crippen molar-refractivity contribution in [2.75, 3.05) is 26.3 Å². The van der Waals surface area contributed by atoms with Gasteiger partial charge in [0.25, 0.3) is 5.91 Å². The number of thiophene rings is 1. The number of aromatic nitrogens is 5. The van der Waals surface area contributed by atoms with Gasteiger partial charge < -0.3 is 10.1 Å². The summed E-state index contributed by atoms with van der Waals surface area (Å²) in [4.78, 5) is 20.9. The first kappa shape index (κ1) is 21.5. The molecule has 4 aromatic heterocycles. The molecule has 2 fully saturated rings. The minimum absolute atomic E-state index is 0.00436. The first-order valence-electron chi connectivity index (χ1n) is 11.7. The highest BCUT2D eigenvalue weighted by Gasteiger charge is 2.34. The lowest BCUT2D eigenvalue weighted by Crippen LogP contribution is -2.52. The quantitative estimate of drug-likeness (QED) is 0.476. The van der Waals surface area contributed by atoms with Crippen molar-refractivity contribution in [1.82, 2.24) is 34.6 Å². The van der Waals surface area contributed by atoms with Gasteiger partial charge in [-0.25, -0.2) is 9.50 Å². The minimum atomic E-state index is 0.00436. The van der Waals surface area contributed by atoms with E-state index in [1.165, 1.54) is 11.3 Å². The minimum Gasteiger partial charge on any atom is -0.379 e. The Kier molecular flexibility index (Phi) is 5.64. The highest BCUT2D eigenvalue weighted by molar-refractivity contribution is 7.12. The summed E-state index contributed by atoms with van der Waals surface area (Å²) in [5.41, 5.74) is 4.58. The van der Waals surface area contributed by atoms with Crippen molar-refractivity contribution in [3.8, 4) is 22.3 Å². The number of aryl methyl sites for hydroxylation is 1. The van der Waals surface area contributed by atoms with Crippen molar-refractivity contribution in [2.24, 2.45) is 7.05 Å². The van der Waals surface area contributed by atoms with Crippen molar-refractivity contribution < 1.29 is 9.53 Å². The summed E-state index contributed by atoms with van der Waals surface area (Å²) in [6.07, 6.45) is 12.7. The van der Waals surface area contributed by atoms with Gasteiger partial charge in [0, 0.05) is 67.5 Å². The Morgan fingerprint density at radius 2 is 1.94 bits per heavy atom. The molecule has 176 valence electrons. The van der Waals surface area contributed by atoms with Crippen LogP contribution in [0, 0.1) is 0 Å². The van der Waals surface area contributed by atoms with E-state index in [2.05, 4.69) is 25.4 Å². The van der Waals surface area contributed by atoms with Crippen molar-refractivity contribution in [2.45, 2.75) is 31.3 Å². The molecule has 1 aliphatic heterocycles. The van der Waals surface area contributed by atoms with Crippen molar-refractivity contribution in [3.05, 3.63) is 47.3 Å². The molecule has 0 spiro atoms. The summed E-state index contributed by atoms with van der Waals surface area (Å²) >= 11 is 1.47. The van der Waals surface area contributed by atoms with Gasteiger partial charge in [0.2, 0.25) is 0 Å². The average molecular weight is 478 g/mol. The van der Waals surface area contributed by atoms with Gasteiger partial charge in [0.05, 0.1) is 30.5 Å². The van der Waals surface area contributed by atoms with Crippen LogP contribution in [0.25, 0.3) is 27.9 Å². The van der Waals surface area contributed by atoms with E-state index >= 15 is 0 Å². The summed E-state index contributed by atoms with van der Waals surface area (Å²) in [6, 6.07) is 2.55. The number of rotatable bonds is 5. The van der Waals surface area contributed by atoms with Gasteiger partial charge in [0.1, 0.15) is 0 Å². The Bertz CT molecular complexity index is 1320. The van der Waals surface area contributed by atoms with Gasteiger partial charge in [-0.3, -0.25) is 14.4 Å². The fourth-order valence-electron chi connectivity index (χ4n) is 5.09. The fourth-order valence-corrected chi connectivity index (χ4v) is 5.90. The largest absolute Gasteiger partial charge is 0.379 e. The zero-order valence-electron chi connectivity index (χ0n) is 19.1. The van der Waals surface area contributed by atoms with Crippen LogP contribution in [0.3, 0.4) is 0 Å². The molecule has 2 aliphatic rings. The van der Waals surface area contributed by atoms with Gasteiger partial charge in [-0.05, 0) is 36.3 Å². The second-order valence-electron chi connectivity index (χ2n) is 9.00. The predicted octanol–water partition coefficient (Wildman–Crippen LogP) is 2.84. The lowest BCUT2D eigenvalue weighted by atomic mass is 10.1. The molecule has 0 bridgehead atoms. The standard InChI is InChI=1S/C24H27N7O2S/c1-29-13-18(11-26-29)17-10-25-23-19(12-27-31(23)14-17)16-9-22(34-15-16)24(32)28-20-3-2-4-21(20)30-5-7-33-8-6-30/h9-15,20-21H,2-8H2,1H3,(H,28,32). The summed E-state index contributed by atoms with van der Waals surface area (Å²) in [6.45, 7) is 3.46. The summed E-state index contributed by atoms with van der Waals surface area (Å²) in [7, 11) is 1.89. The highest BCUT2D eigenvalue weighted by atomic mass is 32.1. The van der Waals surface area contributed by atoms with E-state index < -0.39 is 0 Å². The highest BCUT2D eigenvalue weighted by Crippen LogP contribution is 2.30. The Hall–Kier alpha value is -3.08. The molecule has 5 heterocycles. The molecule has 0 aromatic carbocycles. The Morgan fingerprint density at radius 1 is 1.09 bits per heavy atom. The van der Waals surface area contributed by atoms with Gasteiger partial charge in [-0.15, -0.1) is 11.3 Å². The predicted molar refractivity (Wildman–Crippen MR) is 130 cm³/mol. The Labute approximate surface area is 201 Å². The Morgan fingerprint density at radius 3 is 2.76 bits per heavy atom. The van der Waals surface area contributed by atoms with E-state index in [9.17, 15) is 4.79 Å². The van der Waals surface area contributed by atoms with Gasteiger partial charge in [0.15, 0.2) is 5.65 Å². The van der Waals surface area contributed by atoms with E-state index in [1.54, 1.807) is 9.20 Å². The molecule has 2 atom stereocenters. The maximum atomic E-state index is 13.1. The molecule has 1 saturated carbocycles. The molecule has 1 saturated heterocycles. The fraction of sp³-hybridized carbons (Fsp3) is 0.417. The maximum absolute atomic E-state index is 13.1. The van der Waals surface area contributed by atoms with Crippen LogP contribution in [0.5, 0.6) is 0 Å². The van der Waals surface area contributed by atoms with Gasteiger partial charge >= 0.3 is 0 Å². The van der Waals surface area contributed by atoms with E-state index in [1.807, 2.05) is 49.5 Å².